The molecule has 62 heavy (non-hydrogen) atoms. The minimum Gasteiger partial charge on any atom is -0.308 e. The maximum atomic E-state index is 2.46. The number of rotatable bonds is 4. The minimum atomic E-state index is 1.14. The summed E-state index contributed by atoms with van der Waals surface area (Å²) >= 11 is 3.69. The summed E-state index contributed by atoms with van der Waals surface area (Å²) in [6.45, 7) is 0. The highest BCUT2D eigenvalue weighted by atomic mass is 32.2. The molecule has 2 aliphatic heterocycles. The van der Waals surface area contributed by atoms with Gasteiger partial charge >= 0.3 is 0 Å². The summed E-state index contributed by atoms with van der Waals surface area (Å²) in [5.74, 6) is 0. The van der Waals surface area contributed by atoms with Gasteiger partial charge in [0.1, 0.15) is 0 Å². The SMILES string of the molecule is c1ccc2c(c1)Sc1ccccc1N2c1ccc2c(-c3cccc4ccccc34)c3cc(N4c5ccccc5Sc5ccccc54)ccc3c(-c3ccc4ccccc4c3)c2c1. The molecular weight excluding hydrogens is 789 g/mol. The van der Waals surface area contributed by atoms with E-state index in [1.54, 1.807) is 0 Å². The summed E-state index contributed by atoms with van der Waals surface area (Å²) in [7, 11) is 0. The standard InChI is InChI=1S/C58H36N2S2/c1-2-16-39-34-40(29-28-37(39)14-1)57-45-32-30-42(60-51-22-7-11-26-55(51)62-56-27-12-8-23-52(56)60)36-48(45)58(44-19-13-17-38-15-3-4-18-43(38)44)46-33-31-41(35-47(46)57)59-49-20-5-9-24-53(49)61-54-25-10-6-21-50(54)59/h1-36H. The summed E-state index contributed by atoms with van der Waals surface area (Å²) in [6.07, 6.45) is 0. The molecule has 0 aromatic heterocycles. The van der Waals surface area contributed by atoms with E-state index >= 15 is 0 Å². The minimum absolute atomic E-state index is 1.14. The lowest BCUT2D eigenvalue weighted by Gasteiger charge is -2.34. The van der Waals surface area contributed by atoms with Crippen molar-refractivity contribution < 1.29 is 0 Å². The molecule has 0 saturated heterocycles. The van der Waals surface area contributed by atoms with Crippen LogP contribution in [0.5, 0.6) is 0 Å². The lowest BCUT2D eigenvalue weighted by Crippen LogP contribution is -2.15. The predicted molar refractivity (Wildman–Crippen MR) is 265 cm³/mol. The Morgan fingerprint density at radius 3 is 1.31 bits per heavy atom. The lowest BCUT2D eigenvalue weighted by atomic mass is 9.84. The Morgan fingerprint density at radius 1 is 0.274 bits per heavy atom. The Balaban J connectivity index is 1.16. The van der Waals surface area contributed by atoms with Crippen molar-refractivity contribution in [1.82, 2.24) is 0 Å². The number of fused-ring (bicyclic) bond motifs is 8. The molecule has 2 aliphatic rings. The Bertz CT molecular complexity index is 3530. The van der Waals surface area contributed by atoms with Crippen molar-refractivity contribution in [1.29, 1.82) is 0 Å². The number of anilines is 6. The fourth-order valence-corrected chi connectivity index (χ4v) is 12.0. The molecule has 0 unspecified atom stereocenters. The highest BCUT2D eigenvalue weighted by molar-refractivity contribution is 8.00. The van der Waals surface area contributed by atoms with E-state index in [1.807, 2.05) is 23.5 Å². The molecule has 11 aromatic carbocycles. The molecule has 2 heterocycles. The van der Waals surface area contributed by atoms with Crippen LogP contribution in [0.3, 0.4) is 0 Å². The van der Waals surface area contributed by atoms with Gasteiger partial charge in [-0.05, 0) is 144 Å². The van der Waals surface area contributed by atoms with Gasteiger partial charge in [0.15, 0.2) is 0 Å². The van der Waals surface area contributed by atoms with E-state index in [1.165, 1.54) is 108 Å². The van der Waals surface area contributed by atoms with Gasteiger partial charge in [0, 0.05) is 31.0 Å². The molecule has 11 aromatic rings. The highest BCUT2D eigenvalue weighted by Gasteiger charge is 2.28. The predicted octanol–water partition coefficient (Wildman–Crippen LogP) is 17.5. The van der Waals surface area contributed by atoms with Crippen LogP contribution < -0.4 is 9.80 Å². The molecule has 0 radical (unpaired) electrons. The van der Waals surface area contributed by atoms with Crippen molar-refractivity contribution in [3.05, 3.63) is 218 Å². The van der Waals surface area contributed by atoms with E-state index in [0.29, 0.717) is 0 Å². The Morgan fingerprint density at radius 2 is 0.726 bits per heavy atom. The van der Waals surface area contributed by atoms with Crippen LogP contribution in [0.4, 0.5) is 34.1 Å². The summed E-state index contributed by atoms with van der Waals surface area (Å²) < 4.78 is 0. The van der Waals surface area contributed by atoms with Gasteiger partial charge in [0.05, 0.1) is 22.7 Å². The van der Waals surface area contributed by atoms with Gasteiger partial charge in [-0.1, -0.05) is 163 Å². The number of para-hydroxylation sites is 4. The van der Waals surface area contributed by atoms with Crippen LogP contribution in [-0.4, -0.2) is 0 Å². The molecule has 4 heteroatoms. The highest BCUT2D eigenvalue weighted by Crippen LogP contribution is 2.55. The van der Waals surface area contributed by atoms with Gasteiger partial charge in [0.25, 0.3) is 0 Å². The average molecular weight is 825 g/mol. The van der Waals surface area contributed by atoms with Crippen molar-refractivity contribution in [3.8, 4) is 22.3 Å². The largest absolute Gasteiger partial charge is 0.308 e. The summed E-state index contributed by atoms with van der Waals surface area (Å²) in [6, 6.07) is 80.9. The van der Waals surface area contributed by atoms with Crippen molar-refractivity contribution in [3.63, 3.8) is 0 Å². The zero-order chi connectivity index (χ0) is 40.7. The Hall–Kier alpha value is -7.24. The van der Waals surface area contributed by atoms with E-state index in [9.17, 15) is 0 Å². The smallest absolute Gasteiger partial charge is 0.0601 e. The average Bonchev–Trinajstić information content (AvgIpc) is 3.33. The molecular formula is C58H36N2S2. The molecule has 0 atom stereocenters. The second kappa shape index (κ2) is 14.2. The van der Waals surface area contributed by atoms with Crippen LogP contribution in [0.2, 0.25) is 0 Å². The lowest BCUT2D eigenvalue weighted by molar-refractivity contribution is 1.17. The molecule has 290 valence electrons. The third kappa shape index (κ3) is 5.54. The zero-order valence-electron chi connectivity index (χ0n) is 33.5. The first-order chi connectivity index (χ1) is 30.7. The topological polar surface area (TPSA) is 6.48 Å². The van der Waals surface area contributed by atoms with Gasteiger partial charge in [-0.3, -0.25) is 0 Å². The quantitative estimate of drug-likeness (QED) is 0.163. The fraction of sp³-hybridized carbons (Fsp3) is 0. The van der Waals surface area contributed by atoms with Gasteiger partial charge in [-0.2, -0.15) is 0 Å². The van der Waals surface area contributed by atoms with E-state index in [-0.39, 0.29) is 0 Å². The van der Waals surface area contributed by atoms with Crippen molar-refractivity contribution >= 4 is 101 Å². The summed E-state index contributed by atoms with van der Waals surface area (Å²) in [5.41, 5.74) is 12.0. The van der Waals surface area contributed by atoms with Gasteiger partial charge in [-0.15, -0.1) is 0 Å². The molecule has 0 fully saturated rings. The van der Waals surface area contributed by atoms with Gasteiger partial charge in [-0.25, -0.2) is 0 Å². The monoisotopic (exact) mass is 824 g/mol. The maximum absolute atomic E-state index is 2.46. The first kappa shape index (κ1) is 35.5. The number of benzene rings is 11. The number of hydrogen-bond donors (Lipinski definition) is 0. The molecule has 2 nitrogen and oxygen atoms in total. The van der Waals surface area contributed by atoms with Crippen LogP contribution in [0.1, 0.15) is 0 Å². The Labute approximate surface area is 368 Å². The van der Waals surface area contributed by atoms with E-state index in [0.717, 1.165) is 11.4 Å². The van der Waals surface area contributed by atoms with Crippen molar-refractivity contribution in [2.75, 3.05) is 9.80 Å². The fourth-order valence-electron chi connectivity index (χ4n) is 9.84. The number of hydrogen-bond acceptors (Lipinski definition) is 4. The third-order valence-corrected chi connectivity index (χ3v) is 14.8. The second-order valence-corrected chi connectivity index (χ2v) is 18.2. The van der Waals surface area contributed by atoms with Crippen molar-refractivity contribution in [2.24, 2.45) is 0 Å². The molecule has 0 amide bonds. The molecule has 13 rings (SSSR count). The molecule has 0 aliphatic carbocycles. The normalized spacial score (nSPS) is 13.0. The van der Waals surface area contributed by atoms with Crippen LogP contribution in [0, 0.1) is 0 Å². The van der Waals surface area contributed by atoms with Crippen LogP contribution >= 0.6 is 23.5 Å². The number of nitrogens with zero attached hydrogens (tertiary/aromatic N) is 2. The Kier molecular flexibility index (Phi) is 8.12. The molecule has 0 bridgehead atoms. The van der Waals surface area contributed by atoms with E-state index < -0.39 is 0 Å². The summed E-state index contributed by atoms with van der Waals surface area (Å²) in [4.78, 5) is 9.93. The van der Waals surface area contributed by atoms with Crippen LogP contribution in [0.15, 0.2) is 238 Å². The van der Waals surface area contributed by atoms with E-state index in [2.05, 4.69) is 228 Å². The van der Waals surface area contributed by atoms with Crippen LogP contribution in [-0.2, 0) is 0 Å². The first-order valence-electron chi connectivity index (χ1n) is 21.1. The summed E-state index contributed by atoms with van der Waals surface area (Å²) in [5, 5.41) is 9.82. The van der Waals surface area contributed by atoms with Gasteiger partial charge < -0.3 is 9.80 Å². The zero-order valence-corrected chi connectivity index (χ0v) is 35.1. The maximum Gasteiger partial charge on any atom is 0.0601 e. The molecule has 0 saturated carbocycles. The third-order valence-electron chi connectivity index (χ3n) is 12.6. The second-order valence-electron chi connectivity index (χ2n) is 16.0. The van der Waals surface area contributed by atoms with E-state index in [4.69, 9.17) is 0 Å². The van der Waals surface area contributed by atoms with Gasteiger partial charge in [0.2, 0.25) is 0 Å². The molecule has 0 spiro atoms. The molecule has 0 N–H and O–H groups in total. The first-order valence-corrected chi connectivity index (χ1v) is 22.7. The van der Waals surface area contributed by atoms with Crippen molar-refractivity contribution in [2.45, 2.75) is 19.6 Å². The van der Waals surface area contributed by atoms with Crippen LogP contribution in [0.25, 0.3) is 65.3 Å².